The van der Waals surface area contributed by atoms with Crippen LogP contribution in [0.4, 0.5) is 0 Å². The first-order valence-corrected chi connectivity index (χ1v) is 16.6. The average molecular weight is 701 g/mol. The van der Waals surface area contributed by atoms with E-state index in [1.807, 2.05) is 0 Å². The van der Waals surface area contributed by atoms with E-state index in [0.29, 0.717) is 11.1 Å². The Morgan fingerprint density at radius 3 is 2.30 bits per heavy atom. The summed E-state index contributed by atoms with van der Waals surface area (Å²) in [5, 5.41) is 13.3. The van der Waals surface area contributed by atoms with Crippen LogP contribution in [0.5, 0.6) is 0 Å². The third kappa shape index (κ3) is 3.47. The van der Waals surface area contributed by atoms with Gasteiger partial charge in [0.25, 0.3) is 5.97 Å². The molecular formula is C35H40O15. The van der Waals surface area contributed by atoms with Gasteiger partial charge in [0.2, 0.25) is 6.10 Å². The molecule has 1 spiro atoms. The lowest BCUT2D eigenvalue weighted by molar-refractivity contribution is -0.419. The molecule has 4 aliphatic carbocycles. The van der Waals surface area contributed by atoms with Crippen LogP contribution < -0.4 is 0 Å². The van der Waals surface area contributed by atoms with Gasteiger partial charge >= 0.3 is 29.8 Å². The Balaban J connectivity index is 1.47. The van der Waals surface area contributed by atoms with E-state index < -0.39 is 111 Å². The maximum Gasteiger partial charge on any atom is 0.347 e. The van der Waals surface area contributed by atoms with Crippen LogP contribution in [0.3, 0.4) is 0 Å². The number of ether oxygens (including phenoxy) is 8. The van der Waals surface area contributed by atoms with E-state index in [0.717, 1.165) is 14.0 Å². The Kier molecular flexibility index (Phi) is 6.50. The van der Waals surface area contributed by atoms with Crippen LogP contribution in [-0.4, -0.2) is 89.3 Å². The van der Waals surface area contributed by atoms with Gasteiger partial charge in [-0.2, -0.15) is 0 Å². The highest BCUT2D eigenvalue weighted by Gasteiger charge is 2.99. The van der Waals surface area contributed by atoms with Crippen LogP contribution in [0.2, 0.25) is 0 Å². The second-order valence-electron chi connectivity index (χ2n) is 15.6. The molecule has 4 saturated carbocycles. The maximum absolute atomic E-state index is 13.7. The highest BCUT2D eigenvalue weighted by Crippen LogP contribution is 2.87. The van der Waals surface area contributed by atoms with Gasteiger partial charge in [-0.05, 0) is 25.0 Å². The minimum absolute atomic E-state index is 0.0372. The Labute approximate surface area is 286 Å². The summed E-state index contributed by atoms with van der Waals surface area (Å²) in [7, 11) is 1.15. The van der Waals surface area contributed by atoms with Crippen LogP contribution in [0.25, 0.3) is 0 Å². The first-order chi connectivity index (χ1) is 23.3. The molecule has 270 valence electrons. The van der Waals surface area contributed by atoms with Crippen molar-refractivity contribution in [3.8, 4) is 0 Å². The van der Waals surface area contributed by atoms with Crippen LogP contribution in [-0.2, 0) is 61.9 Å². The van der Waals surface area contributed by atoms with Gasteiger partial charge in [0.05, 0.1) is 36.6 Å². The molecule has 8 rings (SSSR count). The second-order valence-corrected chi connectivity index (χ2v) is 15.6. The number of hydrogen-bond donors (Lipinski definition) is 1. The standard InChI is InChI=1S/C35H40O15/c1-15(36)44-20-12-34-31(6)24(23(28(40)42-8)45-16(2)37)29(4)14-33(31,41)22(26(29)46-17(3)38)27-35(34,50-32(7,48-27)49-34)19-11-21(39)47-25(30(19,20)5)18-9-10-43-13-18/h9-11,13,20,22-27,41H,12,14H2,1-8H3/t20-,22?,23-,24-,25-,26+,27+,29+,30-,31-,32?,33?,34-,35+/m1/s1. The molecule has 15 heteroatoms. The summed E-state index contributed by atoms with van der Waals surface area (Å²) >= 11 is 0. The van der Waals surface area contributed by atoms with E-state index in [1.54, 1.807) is 33.8 Å². The highest BCUT2D eigenvalue weighted by molar-refractivity contribution is 5.86. The van der Waals surface area contributed by atoms with E-state index in [4.69, 9.17) is 42.3 Å². The fraction of sp³-hybridized carbons (Fsp3) is 0.686. The van der Waals surface area contributed by atoms with Gasteiger partial charge in [0.1, 0.15) is 30.0 Å². The number of fused-ring (bicyclic) bond motifs is 4. The summed E-state index contributed by atoms with van der Waals surface area (Å²) < 4.78 is 55.1. The number of carbonyl (C=O) groups excluding carboxylic acids is 5. The molecule has 2 saturated heterocycles. The molecular weight excluding hydrogens is 660 g/mol. The fourth-order valence-corrected chi connectivity index (χ4v) is 12.1. The van der Waals surface area contributed by atoms with Crippen LogP contribution >= 0.6 is 0 Å². The predicted molar refractivity (Wildman–Crippen MR) is 161 cm³/mol. The van der Waals surface area contributed by atoms with Gasteiger partial charge in [-0.3, -0.25) is 14.4 Å². The van der Waals surface area contributed by atoms with E-state index in [9.17, 15) is 29.1 Å². The molecule has 6 fully saturated rings. The average Bonchev–Trinajstić information content (AvgIpc) is 3.78. The van der Waals surface area contributed by atoms with Crippen LogP contribution in [0.15, 0.2) is 34.7 Å². The Morgan fingerprint density at radius 1 is 1.00 bits per heavy atom. The fourth-order valence-electron chi connectivity index (χ4n) is 12.1. The lowest BCUT2D eigenvalue weighted by Gasteiger charge is -2.74. The van der Waals surface area contributed by atoms with Crippen molar-refractivity contribution in [3.05, 3.63) is 35.8 Å². The van der Waals surface area contributed by atoms with E-state index >= 15 is 0 Å². The van der Waals surface area contributed by atoms with Crippen molar-refractivity contribution in [2.24, 2.45) is 28.1 Å². The topological polar surface area (TPSA) is 193 Å². The molecule has 1 aromatic heterocycles. The molecule has 7 aliphatic rings. The van der Waals surface area contributed by atoms with Gasteiger partial charge in [-0.15, -0.1) is 0 Å². The smallest absolute Gasteiger partial charge is 0.347 e. The largest absolute Gasteiger partial charge is 0.472 e. The number of hydrogen-bond acceptors (Lipinski definition) is 15. The predicted octanol–water partition coefficient (Wildman–Crippen LogP) is 2.19. The number of carbonyl (C=O) groups is 5. The molecule has 1 N–H and O–H groups in total. The molecule has 0 amide bonds. The highest BCUT2D eigenvalue weighted by atomic mass is 16.9. The summed E-state index contributed by atoms with van der Waals surface area (Å²) in [4.78, 5) is 65.9. The van der Waals surface area contributed by atoms with E-state index in [2.05, 4.69) is 0 Å². The number of furan rings is 1. The van der Waals surface area contributed by atoms with Gasteiger partial charge in [-0.1, -0.05) is 13.8 Å². The van der Waals surface area contributed by atoms with Crippen molar-refractivity contribution in [2.45, 2.75) is 115 Å². The minimum atomic E-state index is -1.84. The molecule has 4 bridgehead atoms. The van der Waals surface area contributed by atoms with Crippen molar-refractivity contribution in [1.29, 1.82) is 0 Å². The van der Waals surface area contributed by atoms with Crippen molar-refractivity contribution < 1.29 is 71.4 Å². The summed E-state index contributed by atoms with van der Waals surface area (Å²) in [5.41, 5.74) is -8.73. The molecule has 50 heavy (non-hydrogen) atoms. The first-order valence-electron chi connectivity index (χ1n) is 16.6. The van der Waals surface area contributed by atoms with Crippen LogP contribution in [0, 0.1) is 28.1 Å². The molecule has 4 heterocycles. The third-order valence-corrected chi connectivity index (χ3v) is 13.3. The molecule has 15 nitrogen and oxygen atoms in total. The van der Waals surface area contributed by atoms with Gasteiger partial charge in [0, 0.05) is 62.5 Å². The zero-order valence-corrected chi connectivity index (χ0v) is 28.9. The lowest BCUT2D eigenvalue weighted by Crippen LogP contribution is -2.88. The van der Waals surface area contributed by atoms with E-state index in [1.165, 1.54) is 32.4 Å². The normalized spacial score (nSPS) is 49.2. The second kappa shape index (κ2) is 9.75. The number of methoxy groups -OCH3 is 1. The Morgan fingerprint density at radius 2 is 1.70 bits per heavy atom. The lowest BCUT2D eigenvalue weighted by atomic mass is 9.35. The SMILES string of the molecule is COC(=O)[C@H](OC(C)=O)[C@@H]1[C@]2(C)CC3(O)C([C@@H]2OC(C)=O)[C@@H]2OC4(C)O[C@]5(C[C@@H](OC(C)=O)[C@@]6(C)C(=CC(=O)O[C@@H]6c6ccoc6)[C@]25O4)[C@]13C. The first kappa shape index (κ1) is 33.4. The third-order valence-electron chi connectivity index (χ3n) is 13.3. The van der Waals surface area contributed by atoms with Gasteiger partial charge in [-0.25, -0.2) is 9.59 Å². The summed E-state index contributed by atoms with van der Waals surface area (Å²) in [6.07, 6.45) is -1.99. The molecule has 14 atom stereocenters. The molecule has 1 aromatic rings. The minimum Gasteiger partial charge on any atom is -0.472 e. The summed E-state index contributed by atoms with van der Waals surface area (Å²) in [6.45, 7) is 10.5. The number of esters is 5. The van der Waals surface area contributed by atoms with E-state index in [-0.39, 0.29) is 12.8 Å². The number of rotatable bonds is 6. The maximum atomic E-state index is 13.7. The summed E-state index contributed by atoms with van der Waals surface area (Å²) in [5.74, 6) is -7.67. The van der Waals surface area contributed by atoms with Crippen molar-refractivity contribution in [1.82, 2.24) is 0 Å². The molecule has 3 aliphatic heterocycles. The molecule has 0 radical (unpaired) electrons. The van der Waals surface area contributed by atoms with Gasteiger partial charge < -0.3 is 47.4 Å². The monoisotopic (exact) mass is 700 g/mol. The Bertz CT molecular complexity index is 1770. The molecule has 0 aromatic carbocycles. The molecule has 3 unspecified atom stereocenters. The zero-order chi connectivity index (χ0) is 36.2. The summed E-state index contributed by atoms with van der Waals surface area (Å²) in [6, 6.07) is 1.64. The quantitative estimate of drug-likeness (QED) is 0.335. The zero-order valence-electron chi connectivity index (χ0n) is 28.9. The van der Waals surface area contributed by atoms with Crippen molar-refractivity contribution in [2.75, 3.05) is 7.11 Å². The number of cyclic esters (lactones) is 1. The van der Waals surface area contributed by atoms with Crippen molar-refractivity contribution >= 4 is 29.8 Å². The Hall–Kier alpha value is -3.79. The number of aliphatic hydroxyl groups is 1. The van der Waals surface area contributed by atoms with Crippen molar-refractivity contribution in [3.63, 3.8) is 0 Å². The van der Waals surface area contributed by atoms with Crippen LogP contribution in [0.1, 0.15) is 73.0 Å². The van der Waals surface area contributed by atoms with Gasteiger partial charge in [0.15, 0.2) is 5.60 Å².